The molecule has 0 spiro atoms. The van der Waals surface area contributed by atoms with E-state index >= 15 is 0 Å². The van der Waals surface area contributed by atoms with Crippen LogP contribution in [-0.2, 0) is 0 Å². The van der Waals surface area contributed by atoms with Crippen molar-refractivity contribution in [2.24, 2.45) is 28.7 Å². The van der Waals surface area contributed by atoms with Crippen LogP contribution in [0.5, 0.6) is 0 Å². The molecule has 0 bridgehead atoms. The van der Waals surface area contributed by atoms with Gasteiger partial charge in [-0.25, -0.2) is 4.99 Å². The largest absolute Gasteiger partial charge is 0.225 e. The molecule has 0 N–H and O–H groups in total. The normalized spacial score (nSPS) is 39.8. The van der Waals surface area contributed by atoms with Crippen LogP contribution in [0.1, 0.15) is 53.4 Å². The molecule has 0 aliphatic heterocycles. The minimum Gasteiger partial charge on any atom is -0.225 e. The van der Waals surface area contributed by atoms with Gasteiger partial charge in [0.2, 0.25) is 0 Å². The van der Waals surface area contributed by atoms with Crippen LogP contribution in [0, 0.1) is 23.7 Å². The number of rotatable bonds is 2. The van der Waals surface area contributed by atoms with Crippen molar-refractivity contribution in [3.63, 3.8) is 0 Å². The molecule has 0 amide bonds. The number of allylic oxidation sites excluding steroid dienone is 1. The smallest absolute Gasteiger partial charge is 0.0804 e. The molecule has 4 atom stereocenters. The first-order valence-corrected chi connectivity index (χ1v) is 7.68. The summed E-state index contributed by atoms with van der Waals surface area (Å²) in [5.41, 5.74) is 1.59. The van der Waals surface area contributed by atoms with Crippen molar-refractivity contribution in [1.29, 1.82) is 0 Å². The zero-order chi connectivity index (χ0) is 13.3. The number of isothiocyanates is 1. The third kappa shape index (κ3) is 2.21. The maximum absolute atomic E-state index is 4.95. The summed E-state index contributed by atoms with van der Waals surface area (Å²) < 4.78 is 0. The standard InChI is InChI=1S/C16H25NS/c1-11(2)14-6-5-13(4)16(17-10-18)8-7-12(3)9-15(14)16/h9,11,13-15H,5-8H2,1-4H3/t13-,14?,15+,16-/m1/s1. The molecule has 2 rings (SSSR count). The molecule has 2 aliphatic rings. The lowest BCUT2D eigenvalue weighted by atomic mass is 9.56. The quantitative estimate of drug-likeness (QED) is 0.393. The molecule has 0 heterocycles. The van der Waals surface area contributed by atoms with Gasteiger partial charge in [0.1, 0.15) is 0 Å². The summed E-state index contributed by atoms with van der Waals surface area (Å²) in [4.78, 5) is 4.71. The van der Waals surface area contributed by atoms with E-state index in [1.54, 1.807) is 0 Å². The minimum absolute atomic E-state index is 0.0500. The van der Waals surface area contributed by atoms with Gasteiger partial charge in [0.05, 0.1) is 10.7 Å². The molecular weight excluding hydrogens is 238 g/mol. The highest BCUT2D eigenvalue weighted by molar-refractivity contribution is 7.78. The minimum atomic E-state index is 0.0500. The van der Waals surface area contributed by atoms with Crippen LogP contribution in [0.25, 0.3) is 0 Å². The maximum Gasteiger partial charge on any atom is 0.0804 e. The summed E-state index contributed by atoms with van der Waals surface area (Å²) in [5, 5.41) is 2.71. The van der Waals surface area contributed by atoms with Crippen LogP contribution < -0.4 is 0 Å². The third-order valence-corrected chi connectivity index (χ3v) is 5.41. The predicted molar refractivity (Wildman–Crippen MR) is 81.0 cm³/mol. The van der Waals surface area contributed by atoms with E-state index in [1.807, 2.05) is 0 Å². The molecule has 0 aromatic heterocycles. The second kappa shape index (κ2) is 5.27. The fraction of sp³-hybridized carbons (Fsp3) is 0.812. The number of hydrogen-bond acceptors (Lipinski definition) is 2. The molecule has 0 radical (unpaired) electrons. The molecule has 100 valence electrons. The lowest BCUT2D eigenvalue weighted by molar-refractivity contribution is 0.0607. The molecule has 2 heteroatoms. The van der Waals surface area contributed by atoms with Gasteiger partial charge in [-0.15, -0.1) is 0 Å². The van der Waals surface area contributed by atoms with E-state index in [0.717, 1.165) is 18.3 Å². The van der Waals surface area contributed by atoms with Crippen molar-refractivity contribution in [2.45, 2.75) is 58.9 Å². The monoisotopic (exact) mass is 263 g/mol. The van der Waals surface area contributed by atoms with E-state index in [1.165, 1.54) is 24.8 Å². The Bertz CT molecular complexity index is 392. The zero-order valence-electron chi connectivity index (χ0n) is 12.1. The van der Waals surface area contributed by atoms with Crippen molar-refractivity contribution in [3.05, 3.63) is 11.6 Å². The van der Waals surface area contributed by atoms with Crippen LogP contribution in [0.2, 0.25) is 0 Å². The number of fused-ring (bicyclic) bond motifs is 1. The molecule has 0 aromatic carbocycles. The van der Waals surface area contributed by atoms with Gasteiger partial charge in [0, 0.05) is 5.92 Å². The van der Waals surface area contributed by atoms with Crippen LogP contribution in [0.3, 0.4) is 0 Å². The molecule has 1 unspecified atom stereocenters. The Labute approximate surface area is 117 Å². The second-order valence-electron chi connectivity index (χ2n) is 6.62. The summed E-state index contributed by atoms with van der Waals surface area (Å²) in [7, 11) is 0. The lowest BCUT2D eigenvalue weighted by Crippen LogP contribution is -2.51. The summed E-state index contributed by atoms with van der Waals surface area (Å²) in [6.45, 7) is 9.32. The maximum atomic E-state index is 4.95. The zero-order valence-corrected chi connectivity index (χ0v) is 12.9. The van der Waals surface area contributed by atoms with Gasteiger partial charge < -0.3 is 0 Å². The Morgan fingerprint density at radius 1 is 1.44 bits per heavy atom. The molecule has 0 aromatic rings. The number of nitrogens with zero attached hydrogens (tertiary/aromatic N) is 1. The summed E-state index contributed by atoms with van der Waals surface area (Å²) in [6.07, 6.45) is 7.45. The fourth-order valence-electron chi connectivity index (χ4n) is 4.11. The predicted octanol–water partition coefficient (Wildman–Crippen LogP) is 4.89. The Hall–Kier alpha value is -0.460. The SMILES string of the molecule is CC1=C[C@H]2C(C(C)C)CC[C@@H](C)[C@]2(N=C=S)CC1. The van der Waals surface area contributed by atoms with Crippen molar-refractivity contribution in [3.8, 4) is 0 Å². The van der Waals surface area contributed by atoms with E-state index in [9.17, 15) is 0 Å². The van der Waals surface area contributed by atoms with Gasteiger partial charge >= 0.3 is 0 Å². The fourth-order valence-corrected chi connectivity index (χ4v) is 4.28. The van der Waals surface area contributed by atoms with Gasteiger partial charge in [-0.1, -0.05) is 32.4 Å². The molecule has 1 nitrogen and oxygen atoms in total. The van der Waals surface area contributed by atoms with E-state index < -0.39 is 0 Å². The summed E-state index contributed by atoms with van der Waals surface area (Å²) in [5.74, 6) is 2.69. The first kappa shape index (κ1) is 14.0. The molecule has 2 aliphatic carbocycles. The van der Waals surface area contributed by atoms with Crippen LogP contribution in [0.15, 0.2) is 16.6 Å². The Morgan fingerprint density at radius 2 is 2.17 bits per heavy atom. The topological polar surface area (TPSA) is 12.4 Å². The first-order chi connectivity index (χ1) is 8.51. The highest BCUT2D eigenvalue weighted by atomic mass is 32.1. The van der Waals surface area contributed by atoms with Crippen LogP contribution in [0.4, 0.5) is 0 Å². The van der Waals surface area contributed by atoms with Gasteiger partial charge in [-0.05, 0) is 62.6 Å². The second-order valence-corrected chi connectivity index (χ2v) is 6.80. The van der Waals surface area contributed by atoms with E-state index in [0.29, 0.717) is 11.8 Å². The van der Waals surface area contributed by atoms with Gasteiger partial charge in [-0.2, -0.15) is 0 Å². The Morgan fingerprint density at radius 3 is 2.78 bits per heavy atom. The molecular formula is C16H25NS. The summed E-state index contributed by atoms with van der Waals surface area (Å²) in [6, 6.07) is 0. The van der Waals surface area contributed by atoms with Crippen molar-refractivity contribution < 1.29 is 0 Å². The molecule has 1 fully saturated rings. The molecule has 18 heavy (non-hydrogen) atoms. The Kier molecular flexibility index (Phi) is 4.08. The van der Waals surface area contributed by atoms with Crippen LogP contribution in [-0.4, -0.2) is 10.7 Å². The van der Waals surface area contributed by atoms with E-state index in [2.05, 4.69) is 38.9 Å². The molecule has 0 saturated heterocycles. The number of thiocarbonyl (C=S) groups is 1. The van der Waals surface area contributed by atoms with E-state index in [-0.39, 0.29) is 5.54 Å². The molecule has 1 saturated carbocycles. The van der Waals surface area contributed by atoms with Crippen molar-refractivity contribution in [1.82, 2.24) is 0 Å². The highest BCUT2D eigenvalue weighted by Crippen LogP contribution is 2.52. The van der Waals surface area contributed by atoms with Gasteiger partial charge in [0.15, 0.2) is 0 Å². The number of hydrogen-bond donors (Lipinski definition) is 0. The average Bonchev–Trinajstić information content (AvgIpc) is 2.31. The Balaban J connectivity index is 2.46. The number of aliphatic imine (C=N–C) groups is 1. The van der Waals surface area contributed by atoms with Gasteiger partial charge in [0.25, 0.3) is 0 Å². The first-order valence-electron chi connectivity index (χ1n) is 7.27. The average molecular weight is 263 g/mol. The lowest BCUT2D eigenvalue weighted by Gasteiger charge is -2.51. The van der Waals surface area contributed by atoms with Crippen molar-refractivity contribution in [2.75, 3.05) is 0 Å². The third-order valence-electron chi connectivity index (χ3n) is 5.32. The van der Waals surface area contributed by atoms with E-state index in [4.69, 9.17) is 17.2 Å². The van der Waals surface area contributed by atoms with Crippen LogP contribution >= 0.6 is 12.2 Å². The van der Waals surface area contributed by atoms with Crippen molar-refractivity contribution >= 4 is 17.4 Å². The highest BCUT2D eigenvalue weighted by Gasteiger charge is 2.50. The van der Waals surface area contributed by atoms with Gasteiger partial charge in [-0.3, -0.25) is 0 Å². The summed E-state index contributed by atoms with van der Waals surface area (Å²) >= 11 is 4.95.